The van der Waals surface area contributed by atoms with Gasteiger partial charge in [-0.15, -0.1) is 0 Å². The number of carboxylic acids is 1. The fourth-order valence-electron chi connectivity index (χ4n) is 2.87. The number of carboxylic acid groups (broad SMARTS) is 1. The van der Waals surface area contributed by atoms with Crippen LogP contribution < -0.4 is 17.2 Å². The molecule has 0 saturated carbocycles. The summed E-state index contributed by atoms with van der Waals surface area (Å²) < 4.78 is 0. The first-order chi connectivity index (χ1) is 16.4. The second-order valence-electron chi connectivity index (χ2n) is 7.47. The van der Waals surface area contributed by atoms with Gasteiger partial charge in [0.1, 0.15) is 12.3 Å². The molecule has 3 aromatic rings. The predicted octanol–water partition coefficient (Wildman–Crippen LogP) is 4.53. The Hall–Kier alpha value is -3.03. The number of nitrogens with two attached hydrogens (primary N) is 3. The molecule has 6 nitrogen and oxygen atoms in total. The van der Waals surface area contributed by atoms with E-state index in [1.165, 1.54) is 5.56 Å². The Balaban J connectivity index is 0.000000262. The monoisotopic (exact) mass is 483 g/mol. The first-order valence-corrected chi connectivity index (χ1v) is 11.5. The number of hydrogen-bond donors (Lipinski definition) is 4. The van der Waals surface area contributed by atoms with Crippen LogP contribution in [0.3, 0.4) is 0 Å². The molecule has 0 saturated heterocycles. The Morgan fingerprint density at radius 2 is 1.44 bits per heavy atom. The third-order valence-electron chi connectivity index (χ3n) is 4.81. The lowest BCUT2D eigenvalue weighted by molar-refractivity contribution is -0.138. The fourth-order valence-corrected chi connectivity index (χ4v) is 3.10. The molecule has 0 aliphatic heterocycles. The molecule has 7 heteroatoms. The highest BCUT2D eigenvalue weighted by molar-refractivity contribution is 6.31. The third-order valence-corrected chi connectivity index (χ3v) is 5.18. The van der Waals surface area contributed by atoms with Crippen molar-refractivity contribution in [3.8, 4) is 11.1 Å². The number of aldehydes is 1. The average molecular weight is 484 g/mol. The minimum atomic E-state index is -0.933. The number of rotatable bonds is 9. The van der Waals surface area contributed by atoms with Gasteiger partial charge in [-0.2, -0.15) is 0 Å². The van der Waals surface area contributed by atoms with E-state index in [0.717, 1.165) is 41.7 Å². The highest BCUT2D eigenvalue weighted by Crippen LogP contribution is 2.18. The topological polar surface area (TPSA) is 132 Å². The van der Waals surface area contributed by atoms with Crippen molar-refractivity contribution in [1.82, 2.24) is 0 Å². The molecule has 0 fully saturated rings. The van der Waals surface area contributed by atoms with Crippen LogP contribution in [0.15, 0.2) is 78.9 Å². The van der Waals surface area contributed by atoms with E-state index in [4.69, 9.17) is 33.9 Å². The molecule has 7 N–H and O–H groups in total. The maximum Gasteiger partial charge on any atom is 0.320 e. The van der Waals surface area contributed by atoms with Crippen molar-refractivity contribution >= 4 is 23.9 Å². The Morgan fingerprint density at radius 1 is 0.853 bits per heavy atom. The zero-order chi connectivity index (χ0) is 25.2. The lowest BCUT2D eigenvalue weighted by atomic mass is 10.0. The number of aliphatic carboxylic acids is 1. The highest BCUT2D eigenvalue weighted by atomic mass is 35.5. The van der Waals surface area contributed by atoms with Crippen molar-refractivity contribution < 1.29 is 14.7 Å². The van der Waals surface area contributed by atoms with Crippen LogP contribution in [-0.2, 0) is 11.2 Å². The number of carbonyl (C=O) groups is 2. The summed E-state index contributed by atoms with van der Waals surface area (Å²) in [5.74, 6) is -0.933. The van der Waals surface area contributed by atoms with Crippen LogP contribution in [0.25, 0.3) is 11.1 Å². The van der Waals surface area contributed by atoms with Gasteiger partial charge in [-0.25, -0.2) is 0 Å². The summed E-state index contributed by atoms with van der Waals surface area (Å²) in [7, 11) is 0. The molecule has 34 heavy (non-hydrogen) atoms. The van der Waals surface area contributed by atoms with Crippen molar-refractivity contribution in [2.24, 2.45) is 17.2 Å². The van der Waals surface area contributed by atoms with Gasteiger partial charge in [0.05, 0.1) is 0 Å². The fraction of sp³-hybridized carbons (Fsp3) is 0.259. The van der Waals surface area contributed by atoms with Crippen LogP contribution in [0.4, 0.5) is 0 Å². The summed E-state index contributed by atoms with van der Waals surface area (Å²) in [5, 5.41) is 9.14. The molecular weight excluding hydrogens is 450 g/mol. The van der Waals surface area contributed by atoms with E-state index < -0.39 is 12.0 Å². The van der Waals surface area contributed by atoms with Crippen LogP contribution in [0.1, 0.15) is 35.2 Å². The van der Waals surface area contributed by atoms with Crippen molar-refractivity contribution in [2.45, 2.75) is 31.7 Å². The Kier molecular flexibility index (Phi) is 14.9. The summed E-state index contributed by atoms with van der Waals surface area (Å²) in [6, 6.07) is 24.7. The van der Waals surface area contributed by atoms with Gasteiger partial charge >= 0.3 is 5.97 Å². The van der Waals surface area contributed by atoms with Gasteiger partial charge in [0.2, 0.25) is 0 Å². The molecule has 0 heterocycles. The van der Waals surface area contributed by atoms with Crippen LogP contribution in [0.5, 0.6) is 0 Å². The second-order valence-corrected chi connectivity index (χ2v) is 7.87. The van der Waals surface area contributed by atoms with Crippen molar-refractivity contribution in [1.29, 1.82) is 0 Å². The second kappa shape index (κ2) is 17.4. The molecule has 182 valence electrons. The number of benzene rings is 3. The molecule has 0 aliphatic carbocycles. The number of unbranched alkanes of at least 4 members (excludes halogenated alkanes) is 1. The molecular formula is C27H34ClN3O3. The van der Waals surface area contributed by atoms with Crippen molar-refractivity contribution in [2.75, 3.05) is 13.1 Å². The number of hydrogen-bond acceptors (Lipinski definition) is 5. The molecule has 3 aromatic carbocycles. The van der Waals surface area contributed by atoms with Crippen LogP contribution in [0.2, 0.25) is 5.02 Å². The normalized spacial score (nSPS) is 10.7. The number of carbonyl (C=O) groups excluding carboxylic acids is 1. The Bertz CT molecular complexity index is 966. The zero-order valence-electron chi connectivity index (χ0n) is 19.3. The smallest absolute Gasteiger partial charge is 0.320 e. The Labute approximate surface area is 206 Å². The minimum Gasteiger partial charge on any atom is -0.480 e. The maximum atomic E-state index is 10.5. The quantitative estimate of drug-likeness (QED) is 0.261. The first-order valence-electron chi connectivity index (χ1n) is 11.2. The molecule has 0 unspecified atom stereocenters. The van der Waals surface area contributed by atoms with Crippen LogP contribution >= 0.6 is 11.6 Å². The number of halogens is 1. The molecule has 0 aromatic heterocycles. The molecule has 0 bridgehead atoms. The molecule has 1 atom stereocenters. The molecule has 0 aliphatic rings. The first kappa shape index (κ1) is 29.0. The summed E-state index contributed by atoms with van der Waals surface area (Å²) >= 11 is 5.85. The summed E-state index contributed by atoms with van der Waals surface area (Å²) in [6.07, 6.45) is 3.88. The molecule has 0 spiro atoms. The van der Waals surface area contributed by atoms with Gasteiger partial charge < -0.3 is 22.3 Å². The zero-order valence-corrected chi connectivity index (χ0v) is 20.0. The molecule has 3 rings (SSSR count). The van der Waals surface area contributed by atoms with Crippen molar-refractivity contribution in [3.63, 3.8) is 0 Å². The van der Waals surface area contributed by atoms with E-state index in [9.17, 15) is 9.59 Å². The Morgan fingerprint density at radius 3 is 1.97 bits per heavy atom. The van der Waals surface area contributed by atoms with E-state index >= 15 is 0 Å². The van der Waals surface area contributed by atoms with E-state index in [1.54, 1.807) is 0 Å². The van der Waals surface area contributed by atoms with Gasteiger partial charge in [-0.3, -0.25) is 9.59 Å². The standard InChI is InChI=1S/C13H10O.C8H10ClN.C6H14N2O2/c14-10-11-6-8-13(9-7-11)12-4-2-1-3-5-12;9-8-4-2-1-3-7(8)5-6-10;7-4-2-1-3-5(8)6(9)10/h1-10H;1-4H,5-6,10H2;5H,1-4,7-8H2,(H,9,10)/t;;5-/m..0/s1. The van der Waals surface area contributed by atoms with Crippen LogP contribution in [-0.4, -0.2) is 36.5 Å². The summed E-state index contributed by atoms with van der Waals surface area (Å²) in [6.45, 7) is 1.26. The maximum absolute atomic E-state index is 10.5. The predicted molar refractivity (Wildman–Crippen MR) is 140 cm³/mol. The van der Waals surface area contributed by atoms with E-state index in [2.05, 4.69) is 12.1 Å². The van der Waals surface area contributed by atoms with Gasteiger partial charge in [-0.05, 0) is 55.1 Å². The minimum absolute atomic E-state index is 0.520. The lowest BCUT2D eigenvalue weighted by Crippen LogP contribution is -2.29. The molecule has 0 amide bonds. The largest absolute Gasteiger partial charge is 0.480 e. The van der Waals surface area contributed by atoms with Gasteiger partial charge in [0.15, 0.2) is 0 Å². The summed E-state index contributed by atoms with van der Waals surface area (Å²) in [5.41, 5.74) is 19.9. The molecule has 0 radical (unpaired) electrons. The third kappa shape index (κ3) is 11.7. The van der Waals surface area contributed by atoms with Crippen molar-refractivity contribution in [3.05, 3.63) is 95.0 Å². The summed E-state index contributed by atoms with van der Waals surface area (Å²) in [4.78, 5) is 20.6. The van der Waals surface area contributed by atoms with E-state index in [-0.39, 0.29) is 0 Å². The average Bonchev–Trinajstić information content (AvgIpc) is 2.87. The van der Waals surface area contributed by atoms with E-state index in [1.807, 2.05) is 66.7 Å². The van der Waals surface area contributed by atoms with Gasteiger partial charge in [0.25, 0.3) is 0 Å². The van der Waals surface area contributed by atoms with Gasteiger partial charge in [0, 0.05) is 10.6 Å². The highest BCUT2D eigenvalue weighted by Gasteiger charge is 2.09. The van der Waals surface area contributed by atoms with E-state index in [0.29, 0.717) is 25.1 Å². The van der Waals surface area contributed by atoms with Crippen LogP contribution in [0, 0.1) is 0 Å². The SMILES string of the molecule is NCCCC[C@H](N)C(=O)O.NCCc1ccccc1Cl.O=Cc1ccc(-c2ccccc2)cc1. The lowest BCUT2D eigenvalue weighted by Gasteiger charge is -2.03. The van der Waals surface area contributed by atoms with Gasteiger partial charge in [-0.1, -0.05) is 90.8 Å².